The van der Waals surface area contributed by atoms with Gasteiger partial charge in [0.15, 0.2) is 0 Å². The third kappa shape index (κ3) is 2.81. The number of amides is 1. The highest BCUT2D eigenvalue weighted by Crippen LogP contribution is 2.23. The Hall–Kier alpha value is -2.35. The molecule has 0 atom stereocenters. The highest BCUT2D eigenvalue weighted by molar-refractivity contribution is 7.92. The number of halogens is 1. The molecule has 122 valence electrons. The van der Waals surface area contributed by atoms with E-state index in [0.29, 0.717) is 24.3 Å². The van der Waals surface area contributed by atoms with Gasteiger partial charge in [0, 0.05) is 26.3 Å². The van der Waals surface area contributed by atoms with E-state index in [1.54, 1.807) is 18.5 Å². The van der Waals surface area contributed by atoms with E-state index in [9.17, 15) is 17.6 Å². The summed E-state index contributed by atoms with van der Waals surface area (Å²) in [4.78, 5) is 13.6. The van der Waals surface area contributed by atoms with E-state index in [0.717, 1.165) is 6.07 Å². The minimum absolute atomic E-state index is 0.0141. The van der Waals surface area contributed by atoms with E-state index in [2.05, 4.69) is 4.72 Å². The molecule has 0 spiro atoms. The van der Waals surface area contributed by atoms with Gasteiger partial charge in [0.05, 0.1) is 5.69 Å². The monoisotopic (exact) mass is 337 g/mol. The summed E-state index contributed by atoms with van der Waals surface area (Å²) < 4.78 is 42.3. The zero-order valence-corrected chi connectivity index (χ0v) is 13.5. The first-order chi connectivity index (χ1) is 10.8. The van der Waals surface area contributed by atoms with Crippen molar-refractivity contribution in [3.05, 3.63) is 47.5 Å². The highest BCUT2D eigenvalue weighted by atomic mass is 32.2. The molecule has 23 heavy (non-hydrogen) atoms. The topological polar surface area (TPSA) is 71.4 Å². The average molecular weight is 337 g/mol. The summed E-state index contributed by atoms with van der Waals surface area (Å²) in [6.45, 7) is 2.74. The fraction of sp³-hybridized carbons (Fsp3) is 0.267. The molecule has 1 aromatic carbocycles. The molecule has 1 amide bonds. The number of benzene rings is 1. The van der Waals surface area contributed by atoms with E-state index in [1.165, 1.54) is 29.3 Å². The van der Waals surface area contributed by atoms with Crippen molar-refractivity contribution in [3.8, 4) is 0 Å². The molecule has 0 aliphatic carbocycles. The number of fused-ring (bicyclic) bond motifs is 1. The van der Waals surface area contributed by atoms with Crippen molar-refractivity contribution in [3.63, 3.8) is 0 Å². The maximum atomic E-state index is 13.3. The smallest absolute Gasteiger partial charge is 0.270 e. The van der Waals surface area contributed by atoms with Crippen LogP contribution in [-0.4, -0.2) is 37.4 Å². The lowest BCUT2D eigenvalue weighted by atomic mass is 10.2. The third-order valence-corrected chi connectivity index (χ3v) is 5.20. The SMILES string of the molecule is Cc1ccc(F)cc1NS(=O)(=O)c1cc2n(c1)CCN(C)C2=O. The summed E-state index contributed by atoms with van der Waals surface area (Å²) in [5, 5.41) is 0. The Kier molecular flexibility index (Phi) is 3.63. The van der Waals surface area contributed by atoms with Crippen molar-refractivity contribution in [1.29, 1.82) is 0 Å². The van der Waals surface area contributed by atoms with Gasteiger partial charge in [-0.1, -0.05) is 6.07 Å². The Morgan fingerprint density at radius 2 is 1.96 bits per heavy atom. The largest absolute Gasteiger partial charge is 0.340 e. The Morgan fingerprint density at radius 1 is 1.22 bits per heavy atom. The number of carbonyl (C=O) groups is 1. The number of likely N-dealkylation sites (N-methyl/N-ethyl adjacent to an activating group) is 1. The van der Waals surface area contributed by atoms with Crippen LogP contribution in [0, 0.1) is 12.7 Å². The fourth-order valence-corrected chi connectivity index (χ4v) is 3.62. The standard InChI is InChI=1S/C15H16FN3O3S/c1-10-3-4-11(16)7-13(10)17-23(21,22)12-8-14-15(20)18(2)5-6-19(14)9-12/h3-4,7-9,17H,5-6H2,1-2H3. The Balaban J connectivity index is 1.96. The molecule has 2 heterocycles. The van der Waals surface area contributed by atoms with Crippen LogP contribution in [0.2, 0.25) is 0 Å². The highest BCUT2D eigenvalue weighted by Gasteiger charge is 2.26. The number of aryl methyl sites for hydroxylation is 1. The number of rotatable bonds is 3. The van der Waals surface area contributed by atoms with E-state index < -0.39 is 15.8 Å². The normalized spacial score (nSPS) is 14.7. The second kappa shape index (κ2) is 5.38. The minimum atomic E-state index is -3.90. The molecule has 0 radical (unpaired) electrons. The van der Waals surface area contributed by atoms with Crippen LogP contribution >= 0.6 is 0 Å². The molecule has 0 saturated carbocycles. The molecule has 1 N–H and O–H groups in total. The van der Waals surface area contributed by atoms with Crippen molar-refractivity contribution < 1.29 is 17.6 Å². The molecule has 3 rings (SSSR count). The maximum Gasteiger partial charge on any atom is 0.270 e. The van der Waals surface area contributed by atoms with E-state index >= 15 is 0 Å². The first kappa shape index (κ1) is 15.5. The van der Waals surface area contributed by atoms with Gasteiger partial charge >= 0.3 is 0 Å². The molecule has 0 unspecified atom stereocenters. The minimum Gasteiger partial charge on any atom is -0.340 e. The summed E-state index contributed by atoms with van der Waals surface area (Å²) in [6.07, 6.45) is 1.43. The van der Waals surface area contributed by atoms with Gasteiger partial charge in [0.1, 0.15) is 16.4 Å². The quantitative estimate of drug-likeness (QED) is 0.929. The summed E-state index contributed by atoms with van der Waals surface area (Å²) >= 11 is 0. The third-order valence-electron chi connectivity index (χ3n) is 3.87. The number of aromatic nitrogens is 1. The van der Waals surface area contributed by atoms with Gasteiger partial charge in [-0.05, 0) is 30.7 Å². The molecule has 6 nitrogen and oxygen atoms in total. The second-order valence-electron chi connectivity index (χ2n) is 5.55. The van der Waals surface area contributed by atoms with Crippen LogP contribution in [0.3, 0.4) is 0 Å². The molecule has 0 saturated heterocycles. The molecule has 2 aromatic rings. The summed E-state index contributed by atoms with van der Waals surface area (Å²) in [7, 11) is -2.23. The van der Waals surface area contributed by atoms with Gasteiger partial charge < -0.3 is 9.47 Å². The van der Waals surface area contributed by atoms with Crippen LogP contribution in [0.4, 0.5) is 10.1 Å². The zero-order chi connectivity index (χ0) is 16.8. The van der Waals surface area contributed by atoms with Gasteiger partial charge in [-0.25, -0.2) is 12.8 Å². The fourth-order valence-electron chi connectivity index (χ4n) is 2.46. The first-order valence-electron chi connectivity index (χ1n) is 7.02. The van der Waals surface area contributed by atoms with Crippen molar-refractivity contribution in [2.45, 2.75) is 18.4 Å². The molecule has 1 aliphatic heterocycles. The van der Waals surface area contributed by atoms with E-state index in [1.807, 2.05) is 0 Å². The Labute approximate surface area is 133 Å². The predicted molar refractivity (Wildman–Crippen MR) is 83.3 cm³/mol. The lowest BCUT2D eigenvalue weighted by molar-refractivity contribution is 0.0749. The van der Waals surface area contributed by atoms with Crippen LogP contribution in [0.15, 0.2) is 35.4 Å². The van der Waals surface area contributed by atoms with Gasteiger partial charge in [-0.2, -0.15) is 0 Å². The van der Waals surface area contributed by atoms with Crippen LogP contribution in [0.5, 0.6) is 0 Å². The van der Waals surface area contributed by atoms with Gasteiger partial charge in [0.25, 0.3) is 15.9 Å². The van der Waals surface area contributed by atoms with Crippen molar-refractivity contribution in [1.82, 2.24) is 9.47 Å². The van der Waals surface area contributed by atoms with Gasteiger partial charge in [-0.3, -0.25) is 9.52 Å². The molecule has 1 aromatic heterocycles. The number of hydrogen-bond donors (Lipinski definition) is 1. The number of sulfonamides is 1. The Bertz CT molecular complexity index is 889. The summed E-state index contributed by atoms with van der Waals surface area (Å²) in [5.74, 6) is -0.749. The molecule has 8 heteroatoms. The van der Waals surface area contributed by atoms with E-state index in [4.69, 9.17) is 0 Å². The van der Waals surface area contributed by atoms with Gasteiger partial charge in [0.2, 0.25) is 0 Å². The Morgan fingerprint density at radius 3 is 2.70 bits per heavy atom. The molecule has 1 aliphatic rings. The summed E-state index contributed by atoms with van der Waals surface area (Å²) in [6, 6.07) is 5.23. The van der Waals surface area contributed by atoms with Crippen molar-refractivity contribution in [2.24, 2.45) is 0 Å². The first-order valence-corrected chi connectivity index (χ1v) is 8.51. The predicted octanol–water partition coefficient (Wildman–Crippen LogP) is 1.82. The van der Waals surface area contributed by atoms with Crippen molar-refractivity contribution >= 4 is 21.6 Å². The van der Waals surface area contributed by atoms with Gasteiger partial charge in [-0.15, -0.1) is 0 Å². The lowest BCUT2D eigenvalue weighted by Gasteiger charge is -2.23. The molecule has 0 fully saturated rings. The second-order valence-corrected chi connectivity index (χ2v) is 7.23. The lowest BCUT2D eigenvalue weighted by Crippen LogP contribution is -2.36. The summed E-state index contributed by atoms with van der Waals surface area (Å²) in [5.41, 5.74) is 1.11. The number of hydrogen-bond acceptors (Lipinski definition) is 3. The number of anilines is 1. The van der Waals surface area contributed by atoms with Crippen LogP contribution < -0.4 is 4.72 Å². The number of nitrogens with one attached hydrogen (secondary N) is 1. The van der Waals surface area contributed by atoms with Crippen LogP contribution in [0.1, 0.15) is 16.1 Å². The maximum absolute atomic E-state index is 13.3. The van der Waals surface area contributed by atoms with E-state index in [-0.39, 0.29) is 16.5 Å². The molecular formula is C15H16FN3O3S. The van der Waals surface area contributed by atoms with Crippen LogP contribution in [0.25, 0.3) is 0 Å². The number of carbonyl (C=O) groups excluding carboxylic acids is 1. The van der Waals surface area contributed by atoms with Crippen molar-refractivity contribution in [2.75, 3.05) is 18.3 Å². The number of nitrogens with zero attached hydrogens (tertiary/aromatic N) is 2. The molecular weight excluding hydrogens is 321 g/mol. The van der Waals surface area contributed by atoms with Crippen LogP contribution in [-0.2, 0) is 16.6 Å². The molecule has 0 bridgehead atoms. The zero-order valence-electron chi connectivity index (χ0n) is 12.7. The average Bonchev–Trinajstić information content (AvgIpc) is 2.92.